The highest BCUT2D eigenvalue weighted by molar-refractivity contribution is 7.13. The van der Waals surface area contributed by atoms with Crippen LogP contribution in [0.15, 0.2) is 59.1 Å². The Morgan fingerprint density at radius 3 is 2.14 bits per heavy atom. The van der Waals surface area contributed by atoms with Gasteiger partial charge in [-0.1, -0.05) is 29.4 Å². The molecule has 35 heavy (non-hydrogen) atoms. The number of hydrogen-bond donors (Lipinski definition) is 0. The van der Waals surface area contributed by atoms with Crippen LogP contribution in [0, 0.1) is 0 Å². The lowest BCUT2D eigenvalue weighted by Crippen LogP contribution is -2.59. The Morgan fingerprint density at radius 1 is 0.857 bits per heavy atom. The Balaban J connectivity index is 1.39. The third kappa shape index (κ3) is 5.71. The number of hydrogen-bond acceptors (Lipinski definition) is 9. The molecule has 1 aliphatic rings. The average Bonchev–Trinajstić information content (AvgIpc) is 3.39. The van der Waals surface area contributed by atoms with Crippen LogP contribution in [-0.2, 0) is 23.8 Å². The van der Waals surface area contributed by atoms with Crippen molar-refractivity contribution < 1.29 is 28.5 Å². The van der Waals surface area contributed by atoms with Crippen molar-refractivity contribution in [3.8, 4) is 27.6 Å². The van der Waals surface area contributed by atoms with Crippen molar-refractivity contribution in [2.45, 2.75) is 37.6 Å². The Kier molecular flexibility index (Phi) is 8.48. The second kappa shape index (κ2) is 11.7. The molecule has 0 unspecified atom stereocenters. The second-order valence-electron chi connectivity index (χ2n) is 8.04. The Bertz CT molecular complexity index is 1100. The van der Waals surface area contributed by atoms with E-state index in [-0.39, 0.29) is 18.3 Å². The lowest BCUT2D eigenvalue weighted by molar-refractivity contribution is -0.305. The molecule has 2 aromatic carbocycles. The van der Waals surface area contributed by atoms with Crippen LogP contribution in [0.2, 0.25) is 0 Å². The van der Waals surface area contributed by atoms with Crippen molar-refractivity contribution in [1.82, 2.24) is 4.98 Å². The van der Waals surface area contributed by atoms with Gasteiger partial charge in [-0.05, 0) is 36.8 Å². The second-order valence-corrected chi connectivity index (χ2v) is 8.90. The van der Waals surface area contributed by atoms with Crippen molar-refractivity contribution in [2.24, 2.45) is 5.16 Å². The number of thiazole rings is 1. The van der Waals surface area contributed by atoms with E-state index in [1.165, 1.54) is 0 Å². The smallest absolute Gasteiger partial charge is 0.256 e. The summed E-state index contributed by atoms with van der Waals surface area (Å²) in [4.78, 5) is 10.4. The number of benzene rings is 2. The molecule has 0 radical (unpaired) electrons. The zero-order valence-corrected chi connectivity index (χ0v) is 21.2. The van der Waals surface area contributed by atoms with E-state index in [1.807, 2.05) is 55.5 Å². The molecule has 1 aliphatic heterocycles. The van der Waals surface area contributed by atoms with Gasteiger partial charge < -0.3 is 28.5 Å². The largest absolute Gasteiger partial charge is 0.497 e. The minimum Gasteiger partial charge on any atom is -0.497 e. The lowest BCUT2D eigenvalue weighted by atomic mass is 9.99. The third-order valence-corrected chi connectivity index (χ3v) is 6.85. The van der Waals surface area contributed by atoms with Gasteiger partial charge in [0.1, 0.15) is 23.0 Å². The zero-order valence-electron chi connectivity index (χ0n) is 20.4. The van der Waals surface area contributed by atoms with E-state index in [0.29, 0.717) is 0 Å². The highest BCUT2D eigenvalue weighted by Crippen LogP contribution is 2.30. The first kappa shape index (κ1) is 25.3. The first-order valence-corrected chi connectivity index (χ1v) is 12.1. The summed E-state index contributed by atoms with van der Waals surface area (Å²) in [5, 5.41) is 7.14. The van der Waals surface area contributed by atoms with E-state index >= 15 is 0 Å². The standard InChI is InChI=1S/C26H30N2O6S/c1-16-22(30-3)23(31-4)24(32-5)26(33-16)34-27-14-17-6-8-18(9-7-17)21-15-35-25(28-21)19-10-12-20(29-2)13-11-19/h6-16,22-24,26H,1-5H3/b27-14+/t16-,22-,23+,24+,26-/m0/s1. The molecule has 2 heterocycles. The van der Waals surface area contributed by atoms with E-state index in [2.05, 4.69) is 10.5 Å². The summed E-state index contributed by atoms with van der Waals surface area (Å²) < 4.78 is 27.8. The average molecular weight is 499 g/mol. The molecular weight excluding hydrogens is 468 g/mol. The van der Waals surface area contributed by atoms with E-state index in [1.54, 1.807) is 46.0 Å². The van der Waals surface area contributed by atoms with Gasteiger partial charge in [0.2, 0.25) is 0 Å². The van der Waals surface area contributed by atoms with Crippen LogP contribution in [0.5, 0.6) is 5.75 Å². The van der Waals surface area contributed by atoms with E-state index < -0.39 is 12.4 Å². The normalized spacial score (nSPS) is 24.5. The Labute approximate surface area is 209 Å². The van der Waals surface area contributed by atoms with Crippen molar-refractivity contribution in [1.29, 1.82) is 0 Å². The molecule has 0 aliphatic carbocycles. The predicted molar refractivity (Wildman–Crippen MR) is 135 cm³/mol. The van der Waals surface area contributed by atoms with E-state index in [9.17, 15) is 0 Å². The van der Waals surface area contributed by atoms with Crippen LogP contribution in [0.4, 0.5) is 0 Å². The van der Waals surface area contributed by atoms with E-state index in [4.69, 9.17) is 33.5 Å². The van der Waals surface area contributed by atoms with Crippen LogP contribution < -0.4 is 4.74 Å². The molecule has 9 heteroatoms. The van der Waals surface area contributed by atoms with Gasteiger partial charge in [0.05, 0.1) is 25.1 Å². The minimum atomic E-state index is -0.715. The number of nitrogens with zero attached hydrogens (tertiary/aromatic N) is 2. The number of ether oxygens (including phenoxy) is 5. The van der Waals surface area contributed by atoms with Gasteiger partial charge in [-0.25, -0.2) is 4.98 Å². The SMILES string of the molecule is COc1ccc(-c2nc(-c3ccc(/C=N/O[C@@H]4O[C@@H](C)[C@H](OC)[C@@H](OC)[C@H]4OC)cc3)cs2)cc1. The molecule has 0 saturated carbocycles. The zero-order chi connectivity index (χ0) is 24.8. The summed E-state index contributed by atoms with van der Waals surface area (Å²) in [5.74, 6) is 0.826. The maximum absolute atomic E-state index is 5.91. The molecule has 8 nitrogen and oxygen atoms in total. The molecule has 4 rings (SSSR count). The molecule has 0 spiro atoms. The monoisotopic (exact) mass is 498 g/mol. The molecule has 0 amide bonds. The molecule has 1 fully saturated rings. The van der Waals surface area contributed by atoms with Crippen LogP contribution in [0.1, 0.15) is 12.5 Å². The number of rotatable bonds is 9. The number of oxime groups is 1. The summed E-state index contributed by atoms with van der Waals surface area (Å²) in [6.45, 7) is 1.91. The molecule has 0 bridgehead atoms. The highest BCUT2D eigenvalue weighted by atomic mass is 32.1. The topological polar surface area (TPSA) is 80.6 Å². The van der Waals surface area contributed by atoms with Crippen molar-refractivity contribution >= 4 is 17.6 Å². The quantitative estimate of drug-likeness (QED) is 0.314. The maximum atomic E-state index is 5.91. The van der Waals surface area contributed by atoms with E-state index in [0.717, 1.165) is 33.1 Å². The number of methoxy groups -OCH3 is 4. The van der Waals surface area contributed by atoms with Crippen LogP contribution in [-0.4, -0.2) is 70.3 Å². The van der Waals surface area contributed by atoms with Gasteiger partial charge in [-0.15, -0.1) is 11.3 Å². The molecular formula is C26H30N2O6S. The summed E-state index contributed by atoms with van der Waals surface area (Å²) in [6, 6.07) is 15.8. The molecule has 1 saturated heterocycles. The van der Waals surface area contributed by atoms with Crippen molar-refractivity contribution in [2.75, 3.05) is 28.4 Å². The fourth-order valence-corrected chi connectivity index (χ4v) is 4.90. The molecule has 5 atom stereocenters. The maximum Gasteiger partial charge on any atom is 0.256 e. The summed E-state index contributed by atoms with van der Waals surface area (Å²) in [7, 11) is 6.48. The fraction of sp³-hybridized carbons (Fsp3) is 0.385. The van der Waals surface area contributed by atoms with Crippen LogP contribution in [0.3, 0.4) is 0 Å². The van der Waals surface area contributed by atoms with Crippen molar-refractivity contribution in [3.63, 3.8) is 0 Å². The van der Waals surface area contributed by atoms with Gasteiger partial charge in [0.25, 0.3) is 6.29 Å². The van der Waals surface area contributed by atoms with Gasteiger partial charge in [-0.3, -0.25) is 0 Å². The van der Waals surface area contributed by atoms with Crippen LogP contribution in [0.25, 0.3) is 21.8 Å². The predicted octanol–water partition coefficient (Wildman–Crippen LogP) is 4.63. The summed E-state index contributed by atoms with van der Waals surface area (Å²) >= 11 is 1.61. The lowest BCUT2D eigenvalue weighted by Gasteiger charge is -2.42. The van der Waals surface area contributed by atoms with Gasteiger partial charge in [0.15, 0.2) is 6.10 Å². The third-order valence-electron chi connectivity index (χ3n) is 5.96. The number of aromatic nitrogens is 1. The van der Waals surface area contributed by atoms with Crippen molar-refractivity contribution in [3.05, 3.63) is 59.5 Å². The molecule has 186 valence electrons. The molecule has 3 aromatic rings. The van der Waals surface area contributed by atoms with Gasteiger partial charge in [0, 0.05) is 37.8 Å². The molecule has 1 aromatic heterocycles. The van der Waals surface area contributed by atoms with Gasteiger partial charge >= 0.3 is 0 Å². The minimum absolute atomic E-state index is 0.239. The summed E-state index contributed by atoms with van der Waals surface area (Å²) in [6.07, 6.45) is -0.403. The highest BCUT2D eigenvalue weighted by Gasteiger charge is 2.46. The fourth-order valence-electron chi connectivity index (χ4n) is 4.06. The first-order chi connectivity index (χ1) is 17.1. The first-order valence-electron chi connectivity index (χ1n) is 11.2. The Hall–Kier alpha value is -2.82. The van der Waals surface area contributed by atoms with Crippen LogP contribution >= 0.6 is 11.3 Å². The summed E-state index contributed by atoms with van der Waals surface area (Å²) in [5.41, 5.74) is 3.89. The molecule has 0 N–H and O–H groups in total. The Morgan fingerprint density at radius 2 is 1.51 bits per heavy atom. The van der Waals surface area contributed by atoms with Gasteiger partial charge in [-0.2, -0.15) is 0 Å².